The standard InChI is InChI=1S/C43H28N3O/c1-2-9-27(10-3-1)34-23-21-30-18-19-31-22-24-35(45-42(31)41(30)44-34)28-14-16-29(17-15-28)40-39-33-12-6-7-13-37(33)47-43(39)38-32-11-5-4-8-26(32)20-25-36(38)46-40/h1-25,34,40,46H/q-1. The van der Waals surface area contributed by atoms with Crippen LogP contribution < -0.4 is 5.32 Å². The fourth-order valence-electron chi connectivity index (χ4n) is 7.33. The molecule has 2 unspecified atom stereocenters. The van der Waals surface area contributed by atoms with E-state index >= 15 is 0 Å². The molecule has 2 atom stereocenters. The number of fused-ring (bicyclic) bond motifs is 10. The Morgan fingerprint density at radius 1 is 0.638 bits per heavy atom. The predicted octanol–water partition coefficient (Wildman–Crippen LogP) is 11.8. The van der Waals surface area contributed by atoms with Crippen molar-refractivity contribution in [2.24, 2.45) is 0 Å². The summed E-state index contributed by atoms with van der Waals surface area (Å²) in [6.07, 6.45) is 4.34. The topological polar surface area (TPSA) is 52.2 Å². The molecule has 2 aliphatic rings. The molecular weight excluding hydrogens is 574 g/mol. The van der Waals surface area contributed by atoms with Gasteiger partial charge in [-0.1, -0.05) is 145 Å². The van der Waals surface area contributed by atoms with Crippen LogP contribution in [0.2, 0.25) is 0 Å². The molecule has 2 aromatic heterocycles. The second kappa shape index (κ2) is 10.2. The molecule has 0 aliphatic carbocycles. The van der Waals surface area contributed by atoms with Crippen LogP contribution in [0.25, 0.3) is 66.6 Å². The molecule has 0 fully saturated rings. The van der Waals surface area contributed by atoms with E-state index in [4.69, 9.17) is 14.7 Å². The van der Waals surface area contributed by atoms with Gasteiger partial charge in [-0.15, -0.1) is 5.69 Å². The number of hydrogen-bond donors (Lipinski definition) is 1. The Morgan fingerprint density at radius 3 is 2.30 bits per heavy atom. The van der Waals surface area contributed by atoms with Gasteiger partial charge in [-0.25, -0.2) is 4.98 Å². The second-order valence-corrected chi connectivity index (χ2v) is 12.4. The molecule has 6 aromatic carbocycles. The molecule has 0 amide bonds. The van der Waals surface area contributed by atoms with Gasteiger partial charge in [0, 0.05) is 27.8 Å². The van der Waals surface area contributed by atoms with Crippen LogP contribution in [0, 0.1) is 0 Å². The lowest BCUT2D eigenvalue weighted by molar-refractivity contribution is 0.623. The smallest absolute Gasteiger partial charge is 0.143 e. The average molecular weight is 603 g/mol. The van der Waals surface area contributed by atoms with E-state index in [0.717, 1.165) is 61.4 Å². The number of aromatic nitrogens is 1. The van der Waals surface area contributed by atoms with Gasteiger partial charge in [-0.2, -0.15) is 0 Å². The lowest BCUT2D eigenvalue weighted by Gasteiger charge is -2.37. The average Bonchev–Trinajstić information content (AvgIpc) is 3.54. The van der Waals surface area contributed by atoms with Gasteiger partial charge < -0.3 is 15.1 Å². The van der Waals surface area contributed by atoms with Crippen LogP contribution in [0.15, 0.2) is 150 Å². The van der Waals surface area contributed by atoms with Crippen molar-refractivity contribution in [3.05, 3.63) is 173 Å². The summed E-state index contributed by atoms with van der Waals surface area (Å²) in [5.74, 6) is 0.943. The van der Waals surface area contributed by atoms with Crippen molar-refractivity contribution >= 4 is 50.1 Å². The number of pyridine rings is 1. The first-order valence-corrected chi connectivity index (χ1v) is 16.1. The molecule has 1 N–H and O–H groups in total. The van der Waals surface area contributed by atoms with Gasteiger partial charge >= 0.3 is 0 Å². The Hall–Kier alpha value is -6.13. The molecule has 10 rings (SSSR count). The van der Waals surface area contributed by atoms with Crippen LogP contribution in [0.3, 0.4) is 0 Å². The number of benzene rings is 6. The van der Waals surface area contributed by atoms with Gasteiger partial charge in [0.05, 0.1) is 17.3 Å². The molecule has 0 bridgehead atoms. The highest BCUT2D eigenvalue weighted by Crippen LogP contribution is 2.50. The third-order valence-corrected chi connectivity index (χ3v) is 9.65. The number of para-hydroxylation sites is 1. The predicted molar refractivity (Wildman–Crippen MR) is 193 cm³/mol. The maximum absolute atomic E-state index is 6.63. The van der Waals surface area contributed by atoms with Crippen LogP contribution >= 0.6 is 0 Å². The molecule has 8 aromatic rings. The zero-order valence-electron chi connectivity index (χ0n) is 25.4. The van der Waals surface area contributed by atoms with Crippen LogP contribution in [-0.2, 0) is 0 Å². The van der Waals surface area contributed by atoms with E-state index in [2.05, 4.69) is 145 Å². The second-order valence-electron chi connectivity index (χ2n) is 12.4. The van der Waals surface area contributed by atoms with Crippen molar-refractivity contribution < 1.29 is 4.42 Å². The van der Waals surface area contributed by atoms with Crippen molar-refractivity contribution in [3.8, 4) is 22.6 Å². The van der Waals surface area contributed by atoms with Crippen LogP contribution in [0.5, 0.6) is 0 Å². The normalized spacial score (nSPS) is 16.3. The van der Waals surface area contributed by atoms with Crippen molar-refractivity contribution in [2.75, 3.05) is 5.32 Å². The van der Waals surface area contributed by atoms with E-state index in [1.807, 2.05) is 12.1 Å². The van der Waals surface area contributed by atoms with E-state index < -0.39 is 0 Å². The minimum absolute atomic E-state index is 0.0194. The van der Waals surface area contributed by atoms with E-state index in [-0.39, 0.29) is 12.1 Å². The number of furan rings is 1. The molecule has 0 saturated heterocycles. The first-order chi connectivity index (χ1) is 23.3. The number of hydrogen-bond acceptors (Lipinski definition) is 3. The van der Waals surface area contributed by atoms with Gasteiger partial charge in [0.1, 0.15) is 11.3 Å². The minimum Gasteiger partial charge on any atom is -0.673 e. The molecule has 222 valence electrons. The lowest BCUT2D eigenvalue weighted by atomic mass is 9.87. The van der Waals surface area contributed by atoms with Gasteiger partial charge in [-0.05, 0) is 45.5 Å². The summed E-state index contributed by atoms with van der Waals surface area (Å²) in [5.41, 5.74) is 11.6. The van der Waals surface area contributed by atoms with E-state index in [9.17, 15) is 0 Å². The summed E-state index contributed by atoms with van der Waals surface area (Å²) in [6.45, 7) is 0. The van der Waals surface area contributed by atoms with Crippen LogP contribution in [0.1, 0.15) is 34.3 Å². The highest BCUT2D eigenvalue weighted by Gasteiger charge is 2.32. The molecule has 0 spiro atoms. The lowest BCUT2D eigenvalue weighted by Crippen LogP contribution is -2.17. The van der Waals surface area contributed by atoms with Gasteiger partial charge in [0.2, 0.25) is 0 Å². The largest absolute Gasteiger partial charge is 0.673 e. The first-order valence-electron chi connectivity index (χ1n) is 16.1. The maximum Gasteiger partial charge on any atom is 0.143 e. The monoisotopic (exact) mass is 602 g/mol. The summed E-state index contributed by atoms with van der Waals surface area (Å²) in [7, 11) is 0. The van der Waals surface area contributed by atoms with Crippen molar-refractivity contribution in [1.82, 2.24) is 4.98 Å². The van der Waals surface area contributed by atoms with Gasteiger partial charge in [0.15, 0.2) is 0 Å². The molecule has 4 heteroatoms. The Kier molecular flexibility index (Phi) is 5.67. The third-order valence-electron chi connectivity index (χ3n) is 9.65. The first kappa shape index (κ1) is 26.1. The van der Waals surface area contributed by atoms with E-state index in [0.29, 0.717) is 0 Å². The molecular formula is C43H28N3O-. The van der Waals surface area contributed by atoms with Crippen LogP contribution in [0.4, 0.5) is 11.4 Å². The highest BCUT2D eigenvalue weighted by molar-refractivity contribution is 6.07. The van der Waals surface area contributed by atoms with E-state index in [1.165, 1.54) is 27.5 Å². The van der Waals surface area contributed by atoms with Crippen molar-refractivity contribution in [3.63, 3.8) is 0 Å². The quantitative estimate of drug-likeness (QED) is 0.219. The van der Waals surface area contributed by atoms with Gasteiger partial charge in [0.25, 0.3) is 0 Å². The SMILES string of the molecule is C1=CC(c2ccccc2)[N-]c2c1ccc1ccc(-c3ccc(C4Nc5ccc6ccccc6c5-c5oc6ccccc6c54)cc3)nc21. The number of rotatable bonds is 3. The number of anilines is 1. The molecule has 0 saturated carbocycles. The number of nitrogens with one attached hydrogen (secondary N) is 1. The summed E-state index contributed by atoms with van der Waals surface area (Å²) in [4.78, 5) is 5.20. The van der Waals surface area contributed by atoms with Crippen LogP contribution in [-0.4, -0.2) is 4.98 Å². The Balaban J connectivity index is 1.04. The highest BCUT2D eigenvalue weighted by atomic mass is 16.3. The molecule has 2 aliphatic heterocycles. The molecule has 4 nitrogen and oxygen atoms in total. The van der Waals surface area contributed by atoms with Crippen molar-refractivity contribution in [1.29, 1.82) is 0 Å². The Labute approximate surface area is 272 Å². The molecule has 4 heterocycles. The summed E-state index contributed by atoms with van der Waals surface area (Å²) in [5, 5.41) is 13.7. The summed E-state index contributed by atoms with van der Waals surface area (Å²) in [6, 6.07) is 48.9. The van der Waals surface area contributed by atoms with Crippen molar-refractivity contribution in [2.45, 2.75) is 12.1 Å². The van der Waals surface area contributed by atoms with Gasteiger partial charge in [-0.3, -0.25) is 0 Å². The molecule has 47 heavy (non-hydrogen) atoms. The zero-order chi connectivity index (χ0) is 30.9. The summed E-state index contributed by atoms with van der Waals surface area (Å²) < 4.78 is 6.63. The fourth-order valence-corrected chi connectivity index (χ4v) is 7.33. The maximum atomic E-state index is 6.63. The minimum atomic E-state index is -0.0616. The fraction of sp³-hybridized carbons (Fsp3) is 0.0465. The summed E-state index contributed by atoms with van der Waals surface area (Å²) >= 11 is 0. The van der Waals surface area contributed by atoms with E-state index in [1.54, 1.807) is 0 Å². The Bertz CT molecular complexity index is 2530. The molecule has 0 radical (unpaired) electrons. The number of nitrogens with zero attached hydrogens (tertiary/aromatic N) is 2. The third kappa shape index (κ3) is 4.12. The Morgan fingerprint density at radius 2 is 1.40 bits per heavy atom. The zero-order valence-corrected chi connectivity index (χ0v) is 25.4.